The van der Waals surface area contributed by atoms with Gasteiger partial charge >= 0.3 is 6.18 Å². The number of H-pyrrole nitrogens is 1. The predicted octanol–water partition coefficient (Wildman–Crippen LogP) is 2.14. The summed E-state index contributed by atoms with van der Waals surface area (Å²) in [5.41, 5.74) is -1.51. The van der Waals surface area contributed by atoms with Crippen LogP contribution in [0, 0.1) is 0 Å². The molecule has 3 heterocycles. The number of aromatic nitrogens is 4. The molecule has 1 N–H and O–H groups in total. The fourth-order valence-electron chi connectivity index (χ4n) is 2.51. The minimum atomic E-state index is -4.64. The fraction of sp³-hybridized carbons (Fsp3) is 0.267. The topological polar surface area (TPSA) is 97.7 Å². The van der Waals surface area contributed by atoms with E-state index in [0.717, 1.165) is 24.4 Å². The minimum absolute atomic E-state index is 0.0191. The van der Waals surface area contributed by atoms with Crippen molar-refractivity contribution < 1.29 is 21.6 Å². The summed E-state index contributed by atoms with van der Waals surface area (Å²) in [6, 6.07) is 3.00. The summed E-state index contributed by atoms with van der Waals surface area (Å²) in [6.07, 6.45) is -3.63. The molecule has 7 nitrogen and oxygen atoms in total. The van der Waals surface area contributed by atoms with Crippen LogP contribution in [-0.4, -0.2) is 33.7 Å². The van der Waals surface area contributed by atoms with Gasteiger partial charge in [0.2, 0.25) is 5.56 Å². The molecule has 0 unspecified atom stereocenters. The van der Waals surface area contributed by atoms with Gasteiger partial charge in [0, 0.05) is 13.1 Å². The Morgan fingerprint density at radius 2 is 1.96 bits per heavy atom. The van der Waals surface area contributed by atoms with Crippen LogP contribution in [-0.2, 0) is 23.1 Å². The average molecular weight is 386 g/mol. The summed E-state index contributed by atoms with van der Waals surface area (Å²) in [6.45, 7) is 1.44. The number of fused-ring (bicyclic) bond motifs is 1. The lowest BCUT2D eigenvalue weighted by Gasteiger charge is -2.09. The Balaban J connectivity index is 2.32. The van der Waals surface area contributed by atoms with Crippen LogP contribution in [0.15, 0.2) is 34.1 Å². The average Bonchev–Trinajstić information content (AvgIpc) is 2.90. The maximum Gasteiger partial charge on any atom is 0.433 e. The molecule has 0 aliphatic heterocycles. The number of alkyl halides is 3. The molecule has 0 aliphatic carbocycles. The lowest BCUT2D eigenvalue weighted by Crippen LogP contribution is -2.14. The molecule has 3 aromatic rings. The van der Waals surface area contributed by atoms with E-state index in [1.165, 1.54) is 18.5 Å². The summed E-state index contributed by atoms with van der Waals surface area (Å²) in [7, 11) is -2.21. The van der Waals surface area contributed by atoms with Gasteiger partial charge in [-0.3, -0.25) is 4.79 Å². The quantitative estimate of drug-likeness (QED) is 0.744. The number of rotatable bonds is 3. The van der Waals surface area contributed by atoms with Crippen LogP contribution in [0.1, 0.15) is 12.6 Å². The second-order valence-corrected chi connectivity index (χ2v) is 7.76. The fourth-order valence-corrected chi connectivity index (χ4v) is 3.55. The largest absolute Gasteiger partial charge is 0.433 e. The Kier molecular flexibility index (Phi) is 4.14. The van der Waals surface area contributed by atoms with Crippen LogP contribution in [0.5, 0.6) is 0 Å². The lowest BCUT2D eigenvalue weighted by molar-refractivity contribution is -0.141. The van der Waals surface area contributed by atoms with Crippen molar-refractivity contribution in [2.45, 2.75) is 18.0 Å². The monoisotopic (exact) mass is 386 g/mol. The van der Waals surface area contributed by atoms with Gasteiger partial charge in [0.1, 0.15) is 11.4 Å². The predicted molar refractivity (Wildman–Crippen MR) is 87.3 cm³/mol. The molecule has 0 aliphatic rings. The first kappa shape index (κ1) is 18.1. The first-order valence-electron chi connectivity index (χ1n) is 7.40. The number of nitrogens with zero attached hydrogens (tertiary/aromatic N) is 3. The third-order valence-corrected chi connectivity index (χ3v) is 5.65. The molecular formula is C15H13F3N4O3S. The Labute approximate surface area is 145 Å². The van der Waals surface area contributed by atoms with Gasteiger partial charge in [-0.2, -0.15) is 13.2 Å². The number of halogens is 3. The molecule has 3 rings (SSSR count). The molecule has 0 saturated carbocycles. The summed E-state index contributed by atoms with van der Waals surface area (Å²) in [5, 5.41) is 0. The Hall–Kier alpha value is -2.69. The highest BCUT2D eigenvalue weighted by Crippen LogP contribution is 2.31. The highest BCUT2D eigenvalue weighted by molar-refractivity contribution is 7.91. The molecule has 0 saturated heterocycles. The van der Waals surface area contributed by atoms with E-state index >= 15 is 0 Å². The molecule has 0 fully saturated rings. The van der Waals surface area contributed by atoms with Crippen molar-refractivity contribution in [3.63, 3.8) is 0 Å². The number of nitrogens with one attached hydrogen (secondary N) is 1. The number of aromatic amines is 1. The zero-order valence-electron chi connectivity index (χ0n) is 13.6. The smallest absolute Gasteiger partial charge is 0.325 e. The summed E-state index contributed by atoms with van der Waals surface area (Å²) in [4.78, 5) is 21.4. The van der Waals surface area contributed by atoms with Gasteiger partial charge in [-0.05, 0) is 12.1 Å². The number of hydrogen-bond donors (Lipinski definition) is 1. The van der Waals surface area contributed by atoms with E-state index in [4.69, 9.17) is 0 Å². The second kappa shape index (κ2) is 5.94. The van der Waals surface area contributed by atoms with E-state index in [-0.39, 0.29) is 33.2 Å². The molecule has 11 heteroatoms. The van der Waals surface area contributed by atoms with Crippen molar-refractivity contribution in [1.82, 2.24) is 19.5 Å². The van der Waals surface area contributed by atoms with Crippen LogP contribution in [0.3, 0.4) is 0 Å². The summed E-state index contributed by atoms with van der Waals surface area (Å²) in [5.74, 6) is -0.193. The SMILES string of the molecule is CCS(=O)(=O)c1ccc(=O)[nH]c1-c1nc2cc(C(F)(F)F)ncc2n1C. The molecule has 26 heavy (non-hydrogen) atoms. The van der Waals surface area contributed by atoms with Gasteiger partial charge in [0.25, 0.3) is 0 Å². The molecule has 3 aromatic heterocycles. The molecule has 0 spiro atoms. The summed E-state index contributed by atoms with van der Waals surface area (Å²) < 4.78 is 64.5. The van der Waals surface area contributed by atoms with E-state index in [9.17, 15) is 26.4 Å². The number of sulfone groups is 1. The van der Waals surface area contributed by atoms with Crippen molar-refractivity contribution in [2.75, 3.05) is 5.75 Å². The van der Waals surface area contributed by atoms with Gasteiger partial charge in [-0.15, -0.1) is 0 Å². The Morgan fingerprint density at radius 1 is 1.27 bits per heavy atom. The highest BCUT2D eigenvalue weighted by atomic mass is 32.2. The van der Waals surface area contributed by atoms with Gasteiger partial charge in [0.05, 0.1) is 27.9 Å². The van der Waals surface area contributed by atoms with Crippen molar-refractivity contribution in [1.29, 1.82) is 0 Å². The second-order valence-electron chi connectivity index (χ2n) is 5.52. The number of imidazole rings is 1. The van der Waals surface area contributed by atoms with Crippen LogP contribution < -0.4 is 5.56 Å². The van der Waals surface area contributed by atoms with Crippen molar-refractivity contribution in [2.24, 2.45) is 7.05 Å². The van der Waals surface area contributed by atoms with E-state index in [0.29, 0.717) is 0 Å². The molecule has 0 bridgehead atoms. The third kappa shape index (κ3) is 2.98. The maximum absolute atomic E-state index is 12.8. The summed E-state index contributed by atoms with van der Waals surface area (Å²) >= 11 is 0. The Bertz CT molecular complexity index is 1160. The number of pyridine rings is 2. The van der Waals surface area contributed by atoms with E-state index in [1.807, 2.05) is 0 Å². The first-order valence-corrected chi connectivity index (χ1v) is 9.06. The van der Waals surface area contributed by atoms with Crippen molar-refractivity contribution in [3.05, 3.63) is 40.4 Å². The maximum atomic E-state index is 12.8. The molecule has 0 atom stereocenters. The zero-order chi connectivity index (χ0) is 19.3. The number of hydrogen-bond acceptors (Lipinski definition) is 5. The highest BCUT2D eigenvalue weighted by Gasteiger charge is 2.33. The molecule has 0 radical (unpaired) electrons. The van der Waals surface area contributed by atoms with Crippen LogP contribution in [0.4, 0.5) is 13.2 Å². The molecule has 0 amide bonds. The molecular weight excluding hydrogens is 373 g/mol. The van der Waals surface area contributed by atoms with Gasteiger partial charge < -0.3 is 9.55 Å². The van der Waals surface area contributed by atoms with Crippen LogP contribution >= 0.6 is 0 Å². The zero-order valence-corrected chi connectivity index (χ0v) is 14.4. The first-order chi connectivity index (χ1) is 12.0. The van der Waals surface area contributed by atoms with Gasteiger partial charge in [-0.1, -0.05) is 6.92 Å². The van der Waals surface area contributed by atoms with Gasteiger partial charge in [-0.25, -0.2) is 18.4 Å². The minimum Gasteiger partial charge on any atom is -0.325 e. The standard InChI is InChI=1S/C15H13F3N4O3S/c1-3-26(24,25)10-4-5-12(23)21-13(10)14-20-8-6-11(15(16,17)18)19-7-9(8)22(14)2/h4-7H,3H2,1-2H3,(H,21,23). The molecule has 0 aromatic carbocycles. The van der Waals surface area contributed by atoms with Crippen molar-refractivity contribution >= 4 is 20.9 Å². The van der Waals surface area contributed by atoms with E-state index in [2.05, 4.69) is 15.0 Å². The third-order valence-electron chi connectivity index (χ3n) is 3.88. The lowest BCUT2D eigenvalue weighted by atomic mass is 10.3. The van der Waals surface area contributed by atoms with Crippen molar-refractivity contribution in [3.8, 4) is 11.5 Å². The molecule has 138 valence electrons. The van der Waals surface area contributed by atoms with Gasteiger partial charge in [0.15, 0.2) is 15.7 Å². The normalized spacial score (nSPS) is 12.7. The number of aryl methyl sites for hydroxylation is 1. The van der Waals surface area contributed by atoms with Crippen LogP contribution in [0.2, 0.25) is 0 Å². The Morgan fingerprint density at radius 3 is 2.58 bits per heavy atom. The van der Waals surface area contributed by atoms with E-state index < -0.39 is 27.3 Å². The van der Waals surface area contributed by atoms with Crippen LogP contribution in [0.25, 0.3) is 22.6 Å². The van der Waals surface area contributed by atoms with E-state index in [1.54, 1.807) is 0 Å².